The lowest BCUT2D eigenvalue weighted by Crippen LogP contribution is -2.14. The Bertz CT molecular complexity index is 807. The summed E-state index contributed by atoms with van der Waals surface area (Å²) in [4.78, 5) is 10.8. The van der Waals surface area contributed by atoms with Crippen LogP contribution >= 0.6 is 0 Å². The summed E-state index contributed by atoms with van der Waals surface area (Å²) in [6.07, 6.45) is 1.85. The van der Waals surface area contributed by atoms with Crippen molar-refractivity contribution in [3.63, 3.8) is 0 Å². The normalized spacial score (nSPS) is 11.8. The molecular weight excluding hydrogens is 272 g/mol. The van der Waals surface area contributed by atoms with Crippen LogP contribution in [-0.4, -0.2) is 6.29 Å². The molecule has 22 heavy (non-hydrogen) atoms. The van der Waals surface area contributed by atoms with Crippen LogP contribution in [0.15, 0.2) is 52.9 Å². The van der Waals surface area contributed by atoms with E-state index in [4.69, 9.17) is 4.42 Å². The molecule has 0 aliphatic heterocycles. The average Bonchev–Trinajstić information content (AvgIpc) is 2.97. The van der Waals surface area contributed by atoms with Crippen LogP contribution in [0, 0.1) is 0 Å². The Balaban J connectivity index is 1.98. The Hall–Kier alpha value is -2.35. The van der Waals surface area contributed by atoms with Crippen molar-refractivity contribution in [3.05, 3.63) is 59.9 Å². The Morgan fingerprint density at radius 2 is 1.68 bits per heavy atom. The minimum atomic E-state index is 0.197. The van der Waals surface area contributed by atoms with Crippen molar-refractivity contribution >= 4 is 17.3 Å². The third-order valence-electron chi connectivity index (χ3n) is 4.54. The zero-order chi connectivity index (χ0) is 15.7. The molecule has 0 radical (unpaired) electrons. The van der Waals surface area contributed by atoms with Crippen LogP contribution < -0.4 is 0 Å². The molecule has 0 N–H and O–H groups in total. The van der Waals surface area contributed by atoms with Crippen LogP contribution in [0.25, 0.3) is 22.1 Å². The maximum absolute atomic E-state index is 10.8. The summed E-state index contributed by atoms with van der Waals surface area (Å²) in [6.45, 7) is 6.74. The van der Waals surface area contributed by atoms with Crippen LogP contribution in [-0.2, 0) is 5.41 Å². The number of furan rings is 1. The van der Waals surface area contributed by atoms with Crippen LogP contribution in [0.1, 0.15) is 43.3 Å². The zero-order valence-electron chi connectivity index (χ0n) is 13.2. The molecule has 0 aliphatic rings. The fourth-order valence-corrected chi connectivity index (χ4v) is 2.61. The number of aldehydes is 1. The number of hydrogen-bond donors (Lipinski definition) is 0. The second kappa shape index (κ2) is 5.45. The number of carbonyl (C=O) groups is 1. The van der Waals surface area contributed by atoms with Crippen molar-refractivity contribution in [3.8, 4) is 11.1 Å². The van der Waals surface area contributed by atoms with Gasteiger partial charge in [0.25, 0.3) is 0 Å². The van der Waals surface area contributed by atoms with Crippen LogP contribution in [0.3, 0.4) is 0 Å². The molecular formula is C20H20O2. The maximum atomic E-state index is 10.8. The van der Waals surface area contributed by atoms with Gasteiger partial charge in [-0.2, -0.15) is 0 Å². The van der Waals surface area contributed by atoms with Gasteiger partial charge < -0.3 is 4.42 Å². The van der Waals surface area contributed by atoms with Gasteiger partial charge in [-0.05, 0) is 40.7 Å². The van der Waals surface area contributed by atoms with Crippen molar-refractivity contribution in [2.45, 2.75) is 32.6 Å². The van der Waals surface area contributed by atoms with E-state index in [0.717, 1.165) is 34.8 Å². The summed E-state index contributed by atoms with van der Waals surface area (Å²) in [5.41, 5.74) is 4.54. The molecule has 0 unspecified atom stereocenters. The molecule has 0 atom stereocenters. The smallest absolute Gasteiger partial charge is 0.185 e. The quantitative estimate of drug-likeness (QED) is 0.586. The van der Waals surface area contributed by atoms with E-state index in [-0.39, 0.29) is 5.41 Å². The SMILES string of the molecule is CCC(C)(C)c1ccc(-c2ccc3cc(C=O)oc3c2)cc1. The summed E-state index contributed by atoms with van der Waals surface area (Å²) < 4.78 is 5.51. The summed E-state index contributed by atoms with van der Waals surface area (Å²) in [7, 11) is 0. The van der Waals surface area contributed by atoms with Gasteiger partial charge in [0.1, 0.15) is 5.58 Å². The molecule has 1 heterocycles. The lowest BCUT2D eigenvalue weighted by Gasteiger charge is -2.23. The van der Waals surface area contributed by atoms with Gasteiger partial charge >= 0.3 is 0 Å². The van der Waals surface area contributed by atoms with Crippen LogP contribution in [0.5, 0.6) is 0 Å². The molecule has 2 aromatic carbocycles. The minimum Gasteiger partial charge on any atom is -0.453 e. The third kappa shape index (κ3) is 2.57. The van der Waals surface area contributed by atoms with E-state index in [2.05, 4.69) is 51.1 Å². The molecule has 0 aliphatic carbocycles. The largest absolute Gasteiger partial charge is 0.453 e. The van der Waals surface area contributed by atoms with Crippen molar-refractivity contribution in [2.24, 2.45) is 0 Å². The van der Waals surface area contributed by atoms with Crippen LogP contribution in [0.4, 0.5) is 0 Å². The van der Waals surface area contributed by atoms with E-state index in [1.807, 2.05) is 12.1 Å². The molecule has 112 valence electrons. The van der Waals surface area contributed by atoms with Crippen molar-refractivity contribution in [2.75, 3.05) is 0 Å². The van der Waals surface area contributed by atoms with E-state index in [0.29, 0.717) is 5.76 Å². The van der Waals surface area contributed by atoms with E-state index >= 15 is 0 Å². The number of benzene rings is 2. The zero-order valence-corrected chi connectivity index (χ0v) is 13.2. The first-order valence-electron chi connectivity index (χ1n) is 7.63. The van der Waals surface area contributed by atoms with Gasteiger partial charge in [-0.1, -0.05) is 57.2 Å². The van der Waals surface area contributed by atoms with E-state index < -0.39 is 0 Å². The molecule has 0 amide bonds. The second-order valence-electron chi connectivity index (χ2n) is 6.33. The fourth-order valence-electron chi connectivity index (χ4n) is 2.61. The molecule has 3 aromatic rings. The molecule has 0 fully saturated rings. The van der Waals surface area contributed by atoms with Gasteiger partial charge in [0.05, 0.1) is 0 Å². The van der Waals surface area contributed by atoms with E-state index in [1.54, 1.807) is 6.07 Å². The molecule has 1 aromatic heterocycles. The lowest BCUT2D eigenvalue weighted by molar-refractivity contribution is 0.110. The van der Waals surface area contributed by atoms with Gasteiger partial charge in [0.2, 0.25) is 0 Å². The minimum absolute atomic E-state index is 0.197. The molecule has 3 rings (SSSR count). The summed E-state index contributed by atoms with van der Waals surface area (Å²) in [5.74, 6) is 0.368. The highest BCUT2D eigenvalue weighted by Crippen LogP contribution is 2.30. The Morgan fingerprint density at radius 3 is 2.32 bits per heavy atom. The van der Waals surface area contributed by atoms with Gasteiger partial charge in [-0.3, -0.25) is 4.79 Å². The Labute approximate surface area is 130 Å². The first-order valence-corrected chi connectivity index (χ1v) is 7.63. The topological polar surface area (TPSA) is 30.2 Å². The number of rotatable bonds is 4. The number of hydrogen-bond acceptors (Lipinski definition) is 2. The molecule has 0 saturated heterocycles. The summed E-state index contributed by atoms with van der Waals surface area (Å²) in [5, 5.41) is 0.953. The number of fused-ring (bicyclic) bond motifs is 1. The lowest BCUT2D eigenvalue weighted by atomic mass is 9.82. The van der Waals surface area contributed by atoms with Gasteiger partial charge in [-0.15, -0.1) is 0 Å². The highest BCUT2D eigenvalue weighted by molar-refractivity contribution is 5.88. The highest BCUT2D eigenvalue weighted by Gasteiger charge is 2.17. The first-order chi connectivity index (χ1) is 10.5. The van der Waals surface area contributed by atoms with Crippen molar-refractivity contribution in [1.82, 2.24) is 0 Å². The predicted octanol–water partition coefficient (Wildman–Crippen LogP) is 5.60. The Morgan fingerprint density at radius 1 is 1.00 bits per heavy atom. The van der Waals surface area contributed by atoms with Gasteiger partial charge in [0.15, 0.2) is 12.0 Å². The predicted molar refractivity (Wildman–Crippen MR) is 90.4 cm³/mol. The molecule has 0 saturated carbocycles. The number of carbonyl (C=O) groups excluding carboxylic acids is 1. The third-order valence-corrected chi connectivity index (χ3v) is 4.54. The maximum Gasteiger partial charge on any atom is 0.185 e. The molecule has 0 bridgehead atoms. The monoisotopic (exact) mass is 292 g/mol. The average molecular weight is 292 g/mol. The molecule has 0 spiro atoms. The van der Waals surface area contributed by atoms with Gasteiger partial charge in [-0.25, -0.2) is 0 Å². The Kier molecular flexibility index (Phi) is 3.61. The standard InChI is InChI=1S/C20H20O2/c1-4-20(2,3)17-9-7-14(8-10-17)15-5-6-16-11-18(13-21)22-19(16)12-15/h5-13H,4H2,1-3H3. The van der Waals surface area contributed by atoms with E-state index in [9.17, 15) is 4.79 Å². The van der Waals surface area contributed by atoms with E-state index in [1.165, 1.54) is 5.56 Å². The summed E-state index contributed by atoms with van der Waals surface area (Å²) in [6, 6.07) is 16.5. The van der Waals surface area contributed by atoms with Crippen molar-refractivity contribution < 1.29 is 9.21 Å². The summed E-state index contributed by atoms with van der Waals surface area (Å²) >= 11 is 0. The fraction of sp³-hybridized carbons (Fsp3) is 0.250. The van der Waals surface area contributed by atoms with Gasteiger partial charge in [0, 0.05) is 5.39 Å². The van der Waals surface area contributed by atoms with Crippen molar-refractivity contribution in [1.29, 1.82) is 0 Å². The van der Waals surface area contributed by atoms with Crippen LogP contribution in [0.2, 0.25) is 0 Å². The molecule has 2 nitrogen and oxygen atoms in total. The first kappa shape index (κ1) is 14.6. The molecule has 2 heteroatoms. The highest BCUT2D eigenvalue weighted by atomic mass is 16.3. The second-order valence-corrected chi connectivity index (χ2v) is 6.33.